The molecule has 29 heavy (non-hydrogen) atoms. The summed E-state index contributed by atoms with van der Waals surface area (Å²) in [6.45, 7) is 2.98. The zero-order valence-corrected chi connectivity index (χ0v) is 16.3. The predicted octanol–water partition coefficient (Wildman–Crippen LogP) is 2.45. The molecule has 6 heteroatoms. The lowest BCUT2D eigenvalue weighted by Gasteiger charge is -2.17. The van der Waals surface area contributed by atoms with Gasteiger partial charge in [0.1, 0.15) is 0 Å². The van der Waals surface area contributed by atoms with Crippen molar-refractivity contribution in [3.8, 4) is 0 Å². The minimum absolute atomic E-state index is 0.0202. The lowest BCUT2D eigenvalue weighted by molar-refractivity contribution is -0.121. The van der Waals surface area contributed by atoms with Gasteiger partial charge in [-0.15, -0.1) is 0 Å². The summed E-state index contributed by atoms with van der Waals surface area (Å²) in [4.78, 5) is 40.6. The maximum atomic E-state index is 12.3. The van der Waals surface area contributed by atoms with Crippen molar-refractivity contribution >= 4 is 17.7 Å². The Kier molecular flexibility index (Phi) is 5.71. The van der Waals surface area contributed by atoms with E-state index in [1.807, 2.05) is 18.2 Å². The molecule has 0 aliphatic carbocycles. The average molecular weight is 391 g/mol. The highest BCUT2D eigenvalue weighted by atomic mass is 16.2. The molecule has 0 spiro atoms. The minimum atomic E-state index is -0.265. The molecule has 1 atom stereocenters. The van der Waals surface area contributed by atoms with Crippen LogP contribution < -0.4 is 5.32 Å². The van der Waals surface area contributed by atoms with E-state index in [0.29, 0.717) is 24.0 Å². The van der Waals surface area contributed by atoms with Gasteiger partial charge in [-0.2, -0.15) is 0 Å². The van der Waals surface area contributed by atoms with Gasteiger partial charge in [0.05, 0.1) is 11.1 Å². The predicted molar refractivity (Wildman–Crippen MR) is 109 cm³/mol. The number of rotatable bonds is 7. The van der Waals surface area contributed by atoms with Gasteiger partial charge in [-0.05, 0) is 30.5 Å². The van der Waals surface area contributed by atoms with Crippen LogP contribution in [0.2, 0.25) is 0 Å². The summed E-state index contributed by atoms with van der Waals surface area (Å²) in [6.07, 6.45) is 1.72. The van der Waals surface area contributed by atoms with Crippen molar-refractivity contribution in [2.45, 2.75) is 31.8 Å². The van der Waals surface area contributed by atoms with Crippen LogP contribution in [0.3, 0.4) is 0 Å². The maximum absolute atomic E-state index is 12.3. The third-order valence-corrected chi connectivity index (χ3v) is 5.55. The third kappa shape index (κ3) is 4.38. The Hall–Kier alpha value is -2.99. The fourth-order valence-corrected chi connectivity index (χ4v) is 4.08. The third-order valence-electron chi connectivity index (χ3n) is 5.55. The van der Waals surface area contributed by atoms with Crippen LogP contribution in [0.4, 0.5) is 0 Å². The normalized spacial score (nSPS) is 18.9. The molecule has 2 aliphatic rings. The topological polar surface area (TPSA) is 69.7 Å². The maximum Gasteiger partial charge on any atom is 0.261 e. The van der Waals surface area contributed by atoms with Gasteiger partial charge in [-0.25, -0.2) is 0 Å². The van der Waals surface area contributed by atoms with E-state index in [4.69, 9.17) is 0 Å². The second kappa shape index (κ2) is 8.57. The minimum Gasteiger partial charge on any atom is -0.352 e. The fraction of sp³-hybridized carbons (Fsp3) is 0.348. The van der Waals surface area contributed by atoms with Gasteiger partial charge in [0, 0.05) is 38.6 Å². The highest BCUT2D eigenvalue weighted by molar-refractivity contribution is 6.21. The van der Waals surface area contributed by atoms with Gasteiger partial charge in [0.15, 0.2) is 0 Å². The molecule has 0 radical (unpaired) electrons. The summed E-state index contributed by atoms with van der Waals surface area (Å²) in [7, 11) is 0. The zero-order valence-electron chi connectivity index (χ0n) is 16.3. The zero-order chi connectivity index (χ0) is 20.2. The fourth-order valence-electron chi connectivity index (χ4n) is 4.08. The quantitative estimate of drug-likeness (QED) is 0.736. The van der Waals surface area contributed by atoms with E-state index in [-0.39, 0.29) is 30.3 Å². The van der Waals surface area contributed by atoms with Crippen LogP contribution in [0.5, 0.6) is 0 Å². The standard InChI is InChI=1S/C23H25N3O3/c27-21(24-18-12-14-25(16-18)15-17-7-2-1-3-8-17)11-6-13-26-22(28)19-9-4-5-10-20(19)23(26)29/h1-5,7-10,18H,6,11-16H2,(H,24,27)/t18-/m0/s1. The van der Waals surface area contributed by atoms with Gasteiger partial charge < -0.3 is 5.32 Å². The SMILES string of the molecule is O=C(CCCN1C(=O)c2ccccc2C1=O)N[C@H]1CCN(Cc2ccccc2)C1. The molecule has 1 fully saturated rings. The Morgan fingerprint density at radius 2 is 1.62 bits per heavy atom. The molecule has 2 aliphatic heterocycles. The first-order valence-electron chi connectivity index (χ1n) is 10.1. The summed E-state index contributed by atoms with van der Waals surface area (Å²) < 4.78 is 0. The van der Waals surface area contributed by atoms with E-state index in [1.54, 1.807) is 24.3 Å². The van der Waals surface area contributed by atoms with Gasteiger partial charge in [0.25, 0.3) is 11.8 Å². The molecule has 0 aromatic heterocycles. The Morgan fingerprint density at radius 1 is 0.966 bits per heavy atom. The van der Waals surface area contributed by atoms with Crippen LogP contribution in [-0.4, -0.2) is 53.2 Å². The van der Waals surface area contributed by atoms with E-state index in [0.717, 1.165) is 26.1 Å². The first-order valence-corrected chi connectivity index (χ1v) is 10.1. The number of hydrogen-bond donors (Lipinski definition) is 1. The summed E-state index contributed by atoms with van der Waals surface area (Å²) >= 11 is 0. The van der Waals surface area contributed by atoms with Gasteiger partial charge >= 0.3 is 0 Å². The van der Waals surface area contributed by atoms with Crippen molar-refractivity contribution in [2.24, 2.45) is 0 Å². The van der Waals surface area contributed by atoms with Crippen LogP contribution in [-0.2, 0) is 11.3 Å². The highest BCUT2D eigenvalue weighted by Crippen LogP contribution is 2.22. The van der Waals surface area contributed by atoms with Crippen molar-refractivity contribution in [1.82, 2.24) is 15.1 Å². The van der Waals surface area contributed by atoms with E-state index >= 15 is 0 Å². The molecule has 2 aromatic carbocycles. The number of amides is 3. The largest absolute Gasteiger partial charge is 0.352 e. The van der Waals surface area contributed by atoms with Crippen LogP contribution in [0.25, 0.3) is 0 Å². The molecule has 0 unspecified atom stereocenters. The summed E-state index contributed by atoms with van der Waals surface area (Å²) in [5.41, 5.74) is 2.18. The van der Waals surface area contributed by atoms with Crippen molar-refractivity contribution in [3.63, 3.8) is 0 Å². The lowest BCUT2D eigenvalue weighted by atomic mass is 10.1. The molecule has 150 valence electrons. The molecule has 0 saturated carbocycles. The lowest BCUT2D eigenvalue weighted by Crippen LogP contribution is -2.37. The van der Waals surface area contributed by atoms with E-state index in [1.165, 1.54) is 10.5 Å². The van der Waals surface area contributed by atoms with Crippen LogP contribution in [0.1, 0.15) is 45.5 Å². The number of benzene rings is 2. The molecule has 2 heterocycles. The molecule has 2 aromatic rings. The van der Waals surface area contributed by atoms with Crippen molar-refractivity contribution in [1.29, 1.82) is 0 Å². The smallest absolute Gasteiger partial charge is 0.261 e. The number of carbonyl (C=O) groups is 3. The first-order chi connectivity index (χ1) is 14.1. The van der Waals surface area contributed by atoms with Crippen molar-refractivity contribution in [3.05, 3.63) is 71.3 Å². The van der Waals surface area contributed by atoms with Gasteiger partial charge in [0.2, 0.25) is 5.91 Å². The van der Waals surface area contributed by atoms with Crippen molar-refractivity contribution in [2.75, 3.05) is 19.6 Å². The van der Waals surface area contributed by atoms with E-state index < -0.39 is 0 Å². The molecule has 1 saturated heterocycles. The molecular weight excluding hydrogens is 366 g/mol. The Bertz CT molecular complexity index is 878. The first kappa shape index (κ1) is 19.3. The molecule has 3 amide bonds. The van der Waals surface area contributed by atoms with E-state index in [2.05, 4.69) is 22.3 Å². The van der Waals surface area contributed by atoms with Crippen LogP contribution >= 0.6 is 0 Å². The Morgan fingerprint density at radius 3 is 2.31 bits per heavy atom. The number of imide groups is 1. The molecule has 1 N–H and O–H groups in total. The summed E-state index contributed by atoms with van der Waals surface area (Å²) in [5, 5.41) is 3.09. The average Bonchev–Trinajstić information content (AvgIpc) is 3.26. The molecular formula is C23H25N3O3. The Balaban J connectivity index is 1.19. The van der Waals surface area contributed by atoms with Crippen LogP contribution in [0.15, 0.2) is 54.6 Å². The number of nitrogens with one attached hydrogen (secondary N) is 1. The molecule has 4 rings (SSSR count). The number of nitrogens with zero attached hydrogens (tertiary/aromatic N) is 2. The van der Waals surface area contributed by atoms with Gasteiger partial charge in [-0.3, -0.25) is 24.2 Å². The van der Waals surface area contributed by atoms with Crippen molar-refractivity contribution < 1.29 is 14.4 Å². The monoisotopic (exact) mass is 391 g/mol. The summed E-state index contributed by atoms with van der Waals surface area (Å²) in [6, 6.07) is 17.3. The summed E-state index contributed by atoms with van der Waals surface area (Å²) in [5.74, 6) is -0.551. The van der Waals surface area contributed by atoms with E-state index in [9.17, 15) is 14.4 Å². The number of likely N-dealkylation sites (tertiary alicyclic amines) is 1. The molecule has 0 bridgehead atoms. The second-order valence-corrected chi connectivity index (χ2v) is 7.68. The number of hydrogen-bond acceptors (Lipinski definition) is 4. The number of fused-ring (bicyclic) bond motifs is 1. The molecule has 6 nitrogen and oxygen atoms in total. The highest BCUT2D eigenvalue weighted by Gasteiger charge is 2.34. The second-order valence-electron chi connectivity index (χ2n) is 7.68. The van der Waals surface area contributed by atoms with Gasteiger partial charge in [-0.1, -0.05) is 42.5 Å². The number of carbonyl (C=O) groups excluding carboxylic acids is 3. The Labute approximate surface area is 170 Å². The van der Waals surface area contributed by atoms with Crippen LogP contribution in [0, 0.1) is 0 Å².